The van der Waals surface area contributed by atoms with Gasteiger partial charge in [0.2, 0.25) is 0 Å². The van der Waals surface area contributed by atoms with Crippen molar-refractivity contribution in [2.45, 2.75) is 70.5 Å². The summed E-state index contributed by atoms with van der Waals surface area (Å²) in [6, 6.07) is 11.3. The molecule has 9 nitrogen and oxygen atoms in total. The lowest BCUT2D eigenvalue weighted by molar-refractivity contribution is 0.0607. The molecule has 0 saturated carbocycles. The van der Waals surface area contributed by atoms with Crippen molar-refractivity contribution < 1.29 is 28.4 Å². The maximum absolute atomic E-state index is 13.3. The fraction of sp³-hybridized carbons (Fsp3) is 0.467. The van der Waals surface area contributed by atoms with Gasteiger partial charge in [0, 0.05) is 40.9 Å². The standard InChI is InChI=1S/C30H39N3O6S/c1-19-12-14-32(18-24-23-13-15-33(29(35)36)27(23)20(2)17-26(24)38-6)25(16-19)21-8-10-22(11-9-21)40(7,37)31-28(34)39-30(3,4)5/h8-11,13,15,17,19,25H,12,14,16,18H2,1-7H3,(H,35,36). The molecule has 3 unspecified atom stereocenters. The van der Waals surface area contributed by atoms with E-state index in [4.69, 9.17) is 9.47 Å². The Balaban J connectivity index is 1.67. The van der Waals surface area contributed by atoms with Crippen LogP contribution in [0.5, 0.6) is 5.75 Å². The van der Waals surface area contributed by atoms with Crippen molar-refractivity contribution >= 4 is 32.8 Å². The van der Waals surface area contributed by atoms with Crippen molar-refractivity contribution in [3.63, 3.8) is 0 Å². The number of amides is 1. The molecule has 0 spiro atoms. The zero-order valence-electron chi connectivity index (χ0n) is 24.3. The SMILES string of the molecule is COc1cc(C)c2c(ccn2C(=O)O)c1CN1CCC(C)CC1c1ccc(S(C)(=O)=NC(=O)OC(C)(C)C)cc1. The summed E-state index contributed by atoms with van der Waals surface area (Å²) in [6.07, 6.45) is 3.15. The Morgan fingerprint density at radius 2 is 1.85 bits per heavy atom. The number of aryl methyl sites for hydroxylation is 1. The normalized spacial score (nSPS) is 19.7. The predicted molar refractivity (Wildman–Crippen MR) is 156 cm³/mol. The number of likely N-dealkylation sites (tertiary alicyclic amines) is 1. The molecule has 4 rings (SSSR count). The van der Waals surface area contributed by atoms with Crippen LogP contribution in [0.2, 0.25) is 0 Å². The van der Waals surface area contributed by atoms with Crippen molar-refractivity contribution in [3.05, 3.63) is 59.3 Å². The van der Waals surface area contributed by atoms with Crippen LogP contribution in [0.1, 0.15) is 63.3 Å². The molecule has 0 aliphatic carbocycles. The molecule has 1 fully saturated rings. The lowest BCUT2D eigenvalue weighted by atomic mass is 9.87. The molecule has 2 aromatic carbocycles. The van der Waals surface area contributed by atoms with Gasteiger partial charge in [-0.3, -0.25) is 9.47 Å². The summed E-state index contributed by atoms with van der Waals surface area (Å²) < 4.78 is 29.4. The van der Waals surface area contributed by atoms with Gasteiger partial charge in [-0.1, -0.05) is 19.1 Å². The summed E-state index contributed by atoms with van der Waals surface area (Å²) >= 11 is 0. The maximum atomic E-state index is 13.3. The van der Waals surface area contributed by atoms with Crippen LogP contribution in [0, 0.1) is 12.8 Å². The number of hydrogen-bond donors (Lipinski definition) is 1. The molecule has 216 valence electrons. The second-order valence-corrected chi connectivity index (χ2v) is 13.9. The Morgan fingerprint density at radius 1 is 1.18 bits per heavy atom. The van der Waals surface area contributed by atoms with E-state index in [1.807, 2.05) is 31.2 Å². The van der Waals surface area contributed by atoms with Crippen molar-refractivity contribution in [2.75, 3.05) is 19.9 Å². The highest BCUT2D eigenvalue weighted by Crippen LogP contribution is 2.39. The van der Waals surface area contributed by atoms with Gasteiger partial charge in [0.15, 0.2) is 0 Å². The van der Waals surface area contributed by atoms with Gasteiger partial charge in [-0.05, 0) is 88.4 Å². The van der Waals surface area contributed by atoms with E-state index >= 15 is 0 Å². The fourth-order valence-corrected chi connectivity index (χ4v) is 6.48. The Labute approximate surface area is 236 Å². The summed E-state index contributed by atoms with van der Waals surface area (Å²) in [4.78, 5) is 26.9. The van der Waals surface area contributed by atoms with E-state index in [0.717, 1.165) is 47.2 Å². The Kier molecular flexibility index (Phi) is 8.33. The van der Waals surface area contributed by atoms with E-state index in [9.17, 15) is 18.9 Å². The lowest BCUT2D eigenvalue weighted by Gasteiger charge is -2.39. The van der Waals surface area contributed by atoms with Gasteiger partial charge in [-0.25, -0.2) is 13.8 Å². The Hall–Kier alpha value is -3.37. The minimum Gasteiger partial charge on any atom is -0.496 e. The first-order valence-corrected chi connectivity index (χ1v) is 15.3. The number of benzene rings is 2. The summed E-state index contributed by atoms with van der Waals surface area (Å²) in [5.41, 5.74) is 2.81. The first-order valence-electron chi connectivity index (χ1n) is 13.4. The van der Waals surface area contributed by atoms with Crippen molar-refractivity contribution in [2.24, 2.45) is 10.3 Å². The van der Waals surface area contributed by atoms with E-state index in [0.29, 0.717) is 22.9 Å². The van der Waals surface area contributed by atoms with Gasteiger partial charge >= 0.3 is 12.2 Å². The summed E-state index contributed by atoms with van der Waals surface area (Å²) in [7, 11) is -1.34. The van der Waals surface area contributed by atoms with Gasteiger partial charge < -0.3 is 14.6 Å². The number of carboxylic acid groups (broad SMARTS) is 1. The minimum atomic E-state index is -2.97. The molecule has 10 heteroatoms. The molecule has 2 heterocycles. The summed E-state index contributed by atoms with van der Waals surface area (Å²) in [5, 5.41) is 10.6. The second-order valence-electron chi connectivity index (χ2n) is 11.7. The highest BCUT2D eigenvalue weighted by atomic mass is 32.2. The number of piperidine rings is 1. The van der Waals surface area contributed by atoms with Gasteiger partial charge in [0.1, 0.15) is 11.4 Å². The number of carbonyl (C=O) groups is 2. The maximum Gasteiger partial charge on any atom is 0.442 e. The van der Waals surface area contributed by atoms with Crippen LogP contribution in [0.25, 0.3) is 10.9 Å². The van der Waals surface area contributed by atoms with Crippen molar-refractivity contribution in [3.8, 4) is 5.75 Å². The van der Waals surface area contributed by atoms with E-state index in [1.54, 1.807) is 46.2 Å². The highest BCUT2D eigenvalue weighted by Gasteiger charge is 2.30. The van der Waals surface area contributed by atoms with Crippen molar-refractivity contribution in [1.82, 2.24) is 9.47 Å². The zero-order chi connectivity index (χ0) is 29.4. The minimum absolute atomic E-state index is 0.0936. The number of ether oxygens (including phenoxy) is 2. The number of methoxy groups -OCH3 is 1. The zero-order valence-corrected chi connectivity index (χ0v) is 25.1. The highest BCUT2D eigenvalue weighted by molar-refractivity contribution is 7.93. The van der Waals surface area contributed by atoms with Crippen LogP contribution in [0.15, 0.2) is 51.9 Å². The first-order chi connectivity index (χ1) is 18.7. The summed E-state index contributed by atoms with van der Waals surface area (Å²) in [6.45, 7) is 10.8. The van der Waals surface area contributed by atoms with Crippen LogP contribution in [-0.4, -0.2) is 56.5 Å². The average molecular weight is 570 g/mol. The summed E-state index contributed by atoms with van der Waals surface area (Å²) in [5.74, 6) is 1.25. The van der Waals surface area contributed by atoms with Crippen molar-refractivity contribution in [1.29, 1.82) is 0 Å². The average Bonchev–Trinajstić information content (AvgIpc) is 3.31. The molecule has 0 radical (unpaired) electrons. The van der Waals surface area contributed by atoms with Gasteiger partial charge in [-0.2, -0.15) is 0 Å². The predicted octanol–water partition coefficient (Wildman–Crippen LogP) is 6.85. The second kappa shape index (κ2) is 11.2. The van der Waals surface area contributed by atoms with Gasteiger partial charge in [0.05, 0.1) is 22.4 Å². The number of fused-ring (bicyclic) bond motifs is 1. The number of nitrogens with zero attached hydrogens (tertiary/aromatic N) is 3. The van der Waals surface area contributed by atoms with Crippen LogP contribution in [0.3, 0.4) is 0 Å². The number of hydrogen-bond acceptors (Lipinski definition) is 6. The van der Waals surface area contributed by atoms with E-state index in [1.165, 1.54) is 10.8 Å². The molecule has 0 bridgehead atoms. The third kappa shape index (κ3) is 6.33. The molecule has 1 saturated heterocycles. The van der Waals surface area contributed by atoms with E-state index < -0.39 is 27.5 Å². The van der Waals surface area contributed by atoms with Crippen LogP contribution >= 0.6 is 0 Å². The third-order valence-corrected chi connectivity index (χ3v) is 8.98. The molecule has 1 N–H and O–H groups in total. The number of carbonyl (C=O) groups excluding carboxylic acids is 1. The Bertz CT molecular complexity index is 1540. The molecule has 1 aliphatic heterocycles. The third-order valence-electron chi connectivity index (χ3n) is 7.34. The smallest absolute Gasteiger partial charge is 0.442 e. The Morgan fingerprint density at radius 3 is 2.45 bits per heavy atom. The molecule has 3 atom stereocenters. The largest absolute Gasteiger partial charge is 0.496 e. The van der Waals surface area contributed by atoms with Gasteiger partial charge in [0.25, 0.3) is 0 Å². The first kappa shape index (κ1) is 29.6. The van der Waals surface area contributed by atoms with Crippen LogP contribution < -0.4 is 4.74 Å². The van der Waals surface area contributed by atoms with E-state index in [2.05, 4.69) is 16.2 Å². The number of aromatic nitrogens is 1. The molecule has 3 aromatic rings. The van der Waals surface area contributed by atoms with E-state index in [-0.39, 0.29) is 6.04 Å². The molecule has 1 amide bonds. The quantitative estimate of drug-likeness (QED) is 0.358. The molecule has 40 heavy (non-hydrogen) atoms. The van der Waals surface area contributed by atoms with Crippen LogP contribution in [-0.2, 0) is 21.0 Å². The monoisotopic (exact) mass is 569 g/mol. The molecule has 1 aromatic heterocycles. The lowest BCUT2D eigenvalue weighted by Crippen LogP contribution is -2.36. The molecular formula is C30H39N3O6S. The fourth-order valence-electron chi connectivity index (χ4n) is 5.42. The molecular weight excluding hydrogens is 530 g/mol. The topological polar surface area (TPSA) is 110 Å². The number of rotatable bonds is 5. The molecule has 1 aliphatic rings. The van der Waals surface area contributed by atoms with Gasteiger partial charge in [-0.15, -0.1) is 4.36 Å². The van der Waals surface area contributed by atoms with Crippen LogP contribution in [0.4, 0.5) is 9.59 Å².